The van der Waals surface area contributed by atoms with Crippen molar-refractivity contribution in [1.82, 2.24) is 45.6 Å². The molecule has 63 heavy (non-hydrogen) atoms. The Morgan fingerprint density at radius 1 is 0.889 bits per heavy atom. The van der Waals surface area contributed by atoms with E-state index in [0.29, 0.717) is 24.8 Å². The molecule has 4 fully saturated rings. The molecular weight excluding hydrogens is 797 g/mol. The summed E-state index contributed by atoms with van der Waals surface area (Å²) in [7, 11) is 0. The number of aromatic amines is 1. The third-order valence-electron chi connectivity index (χ3n) is 13.4. The number of rotatable bonds is 11. The van der Waals surface area contributed by atoms with Crippen LogP contribution >= 0.6 is 0 Å². The van der Waals surface area contributed by atoms with Crippen LogP contribution in [0.1, 0.15) is 79.6 Å². The summed E-state index contributed by atoms with van der Waals surface area (Å²) in [6.07, 6.45) is 8.13. The predicted octanol–water partition coefficient (Wildman–Crippen LogP) is 6.41. The molecule has 0 radical (unpaired) electrons. The van der Waals surface area contributed by atoms with E-state index in [2.05, 4.69) is 88.8 Å². The Bertz CT molecular complexity index is 2660. The van der Waals surface area contributed by atoms with Crippen LogP contribution < -0.4 is 25.3 Å². The molecule has 3 N–H and O–H groups in total. The van der Waals surface area contributed by atoms with Crippen LogP contribution in [0.2, 0.25) is 0 Å². The number of carbonyl (C=O) groups excluding carboxylic acids is 3. The molecule has 0 unspecified atom stereocenters. The molecule has 10 rings (SSSR count). The minimum Gasteiger partial charge on any atom is -0.372 e. The summed E-state index contributed by atoms with van der Waals surface area (Å²) in [6.45, 7) is 13.5. The zero-order chi connectivity index (χ0) is 43.2. The zero-order valence-corrected chi connectivity index (χ0v) is 35.9. The molecule has 0 spiro atoms. The molecular formula is C47H52N12O4. The number of imide groups is 1. The molecule has 6 aromatic rings. The van der Waals surface area contributed by atoms with Crippen molar-refractivity contribution in [3.05, 3.63) is 96.0 Å². The van der Waals surface area contributed by atoms with Gasteiger partial charge in [-0.2, -0.15) is 4.98 Å². The summed E-state index contributed by atoms with van der Waals surface area (Å²) >= 11 is 0. The van der Waals surface area contributed by atoms with E-state index >= 15 is 0 Å². The van der Waals surface area contributed by atoms with Crippen LogP contribution in [-0.2, 0) is 10.2 Å². The van der Waals surface area contributed by atoms with Gasteiger partial charge in [0.25, 0.3) is 11.7 Å². The highest BCUT2D eigenvalue weighted by atomic mass is 16.5. The number of amides is 4. The molecule has 324 valence electrons. The highest BCUT2D eigenvalue weighted by Crippen LogP contribution is 2.46. The number of hydrogen-bond donors (Lipinski definition) is 3. The number of piperazine rings is 1. The topological polar surface area (TPSA) is 182 Å². The molecule has 1 atom stereocenters. The van der Waals surface area contributed by atoms with E-state index < -0.39 is 0 Å². The van der Waals surface area contributed by atoms with Gasteiger partial charge in [0, 0.05) is 104 Å². The SMILES string of the molecule is Cc1cc(-c2ncnc3[nH]c(-c4ccc(N5CCN(CC6CCN(c7ccc(N8CCC(=O)NC8=O)cc7)CC6)CC5)nc4)cc23)ccc1[C@@H](C)NC(=O)c1noc(C2(C)CC2)n1. The average molecular weight is 849 g/mol. The molecule has 2 aromatic carbocycles. The van der Waals surface area contributed by atoms with Crippen molar-refractivity contribution in [2.75, 3.05) is 67.1 Å². The Balaban J connectivity index is 0.715. The molecule has 4 amide bonds. The quantitative estimate of drug-likeness (QED) is 0.131. The maximum absolute atomic E-state index is 13.0. The molecule has 4 aromatic heterocycles. The van der Waals surface area contributed by atoms with Gasteiger partial charge in [-0.25, -0.2) is 19.7 Å². The first kappa shape index (κ1) is 40.4. The van der Waals surface area contributed by atoms with Gasteiger partial charge in [0.1, 0.15) is 17.8 Å². The Labute approximate surface area is 365 Å². The lowest BCUT2D eigenvalue weighted by atomic mass is 9.95. The average Bonchev–Trinajstić information content (AvgIpc) is 3.63. The van der Waals surface area contributed by atoms with Gasteiger partial charge < -0.3 is 24.6 Å². The number of pyridine rings is 1. The number of aromatic nitrogens is 6. The third kappa shape index (κ3) is 8.34. The van der Waals surface area contributed by atoms with Gasteiger partial charge in [-0.15, -0.1) is 0 Å². The second kappa shape index (κ2) is 16.5. The van der Waals surface area contributed by atoms with Gasteiger partial charge in [-0.05, 0) is 105 Å². The van der Waals surface area contributed by atoms with E-state index in [-0.39, 0.29) is 35.1 Å². The van der Waals surface area contributed by atoms with Crippen LogP contribution in [0.15, 0.2) is 77.7 Å². The van der Waals surface area contributed by atoms with Crippen molar-refractivity contribution in [3.63, 3.8) is 0 Å². The second-order valence-electron chi connectivity index (χ2n) is 17.8. The van der Waals surface area contributed by atoms with E-state index in [0.717, 1.165) is 128 Å². The summed E-state index contributed by atoms with van der Waals surface area (Å²) in [4.78, 5) is 67.8. The van der Waals surface area contributed by atoms with E-state index in [1.165, 1.54) is 5.69 Å². The van der Waals surface area contributed by atoms with Gasteiger partial charge in [0.2, 0.25) is 11.8 Å². The van der Waals surface area contributed by atoms with Crippen molar-refractivity contribution in [1.29, 1.82) is 0 Å². The number of piperidine rings is 1. The number of hydrogen-bond acceptors (Lipinski definition) is 12. The normalized spacial score (nSPS) is 18.7. The zero-order valence-electron chi connectivity index (χ0n) is 35.9. The molecule has 1 saturated carbocycles. The number of nitrogens with one attached hydrogen (secondary N) is 3. The maximum atomic E-state index is 13.0. The molecule has 16 heteroatoms. The van der Waals surface area contributed by atoms with Crippen LogP contribution in [0.25, 0.3) is 33.5 Å². The molecule has 3 aliphatic heterocycles. The summed E-state index contributed by atoms with van der Waals surface area (Å²) in [6, 6.07) is 20.0. The van der Waals surface area contributed by atoms with Gasteiger partial charge >= 0.3 is 6.03 Å². The lowest BCUT2D eigenvalue weighted by Gasteiger charge is -2.39. The number of carbonyl (C=O) groups is 3. The van der Waals surface area contributed by atoms with Crippen molar-refractivity contribution < 1.29 is 18.9 Å². The molecule has 1 aliphatic carbocycles. The fourth-order valence-corrected chi connectivity index (χ4v) is 9.22. The number of nitrogens with zero attached hydrogens (tertiary/aromatic N) is 9. The van der Waals surface area contributed by atoms with E-state index in [4.69, 9.17) is 14.5 Å². The van der Waals surface area contributed by atoms with Crippen molar-refractivity contribution in [2.24, 2.45) is 5.92 Å². The van der Waals surface area contributed by atoms with E-state index in [1.807, 2.05) is 44.3 Å². The van der Waals surface area contributed by atoms with Crippen LogP contribution in [-0.4, -0.2) is 105 Å². The Kier molecular flexibility index (Phi) is 10.6. The number of H-pyrrole nitrogens is 1. The van der Waals surface area contributed by atoms with Crippen molar-refractivity contribution in [3.8, 4) is 22.5 Å². The Morgan fingerprint density at radius 2 is 1.65 bits per heavy atom. The van der Waals surface area contributed by atoms with Crippen LogP contribution in [0.5, 0.6) is 0 Å². The second-order valence-corrected chi connectivity index (χ2v) is 17.8. The van der Waals surface area contributed by atoms with Crippen LogP contribution in [0, 0.1) is 12.8 Å². The number of aryl methyl sites for hydroxylation is 1. The Morgan fingerprint density at radius 3 is 2.37 bits per heavy atom. The largest absolute Gasteiger partial charge is 0.372 e. The summed E-state index contributed by atoms with van der Waals surface area (Å²) in [5, 5.41) is 10.3. The first-order valence-electron chi connectivity index (χ1n) is 22.1. The molecule has 7 heterocycles. The summed E-state index contributed by atoms with van der Waals surface area (Å²) in [5.74, 6) is 1.66. The number of fused-ring (bicyclic) bond motifs is 1. The number of benzene rings is 2. The summed E-state index contributed by atoms with van der Waals surface area (Å²) < 4.78 is 5.38. The molecule has 3 saturated heterocycles. The minimum atomic E-state index is -0.359. The monoisotopic (exact) mass is 848 g/mol. The van der Waals surface area contributed by atoms with E-state index in [9.17, 15) is 14.4 Å². The summed E-state index contributed by atoms with van der Waals surface area (Å²) in [5.41, 5.74) is 8.34. The fraction of sp³-hybridized carbons (Fsp3) is 0.404. The minimum absolute atomic E-state index is 0.0596. The molecule has 16 nitrogen and oxygen atoms in total. The highest BCUT2D eigenvalue weighted by Gasteiger charge is 2.45. The standard InChI is InChI=1S/C47H52N12O4/c1-29-24-32(4-10-36(29)30(2)51-44(61)43-54-45(63-55-43)47(3)15-16-47)41-37-25-38(52-42(37)50-28-49-41)33-5-11-39(48-26-33)58-22-20-56(21-23-58)27-31-12-17-57(18-13-31)34-6-8-35(9-7-34)59-19-14-40(60)53-46(59)62/h4-11,24-26,28,30-31H,12-23,27H2,1-3H3,(H,51,61)(H,49,50,52)(H,53,60,62)/t30-/m1/s1. The molecule has 4 aliphatic rings. The number of anilines is 3. The van der Waals surface area contributed by atoms with E-state index in [1.54, 1.807) is 11.2 Å². The first-order valence-corrected chi connectivity index (χ1v) is 22.1. The predicted molar refractivity (Wildman–Crippen MR) is 240 cm³/mol. The lowest BCUT2D eigenvalue weighted by Crippen LogP contribution is -2.49. The smallest absolute Gasteiger partial charge is 0.328 e. The van der Waals surface area contributed by atoms with Crippen molar-refractivity contribution in [2.45, 2.75) is 64.3 Å². The third-order valence-corrected chi connectivity index (χ3v) is 13.4. The lowest BCUT2D eigenvalue weighted by molar-refractivity contribution is -0.120. The highest BCUT2D eigenvalue weighted by molar-refractivity contribution is 6.05. The fourth-order valence-electron chi connectivity index (χ4n) is 9.22. The van der Waals surface area contributed by atoms with Gasteiger partial charge in [-0.3, -0.25) is 24.7 Å². The number of urea groups is 1. The van der Waals surface area contributed by atoms with Crippen LogP contribution in [0.3, 0.4) is 0 Å². The van der Waals surface area contributed by atoms with Crippen molar-refractivity contribution >= 4 is 46.1 Å². The first-order chi connectivity index (χ1) is 30.6. The van der Waals surface area contributed by atoms with Crippen LogP contribution in [0.4, 0.5) is 22.0 Å². The van der Waals surface area contributed by atoms with Gasteiger partial charge in [-0.1, -0.05) is 24.2 Å². The maximum Gasteiger partial charge on any atom is 0.328 e. The van der Waals surface area contributed by atoms with Gasteiger partial charge in [0.05, 0.1) is 11.7 Å². The molecule has 0 bridgehead atoms. The van der Waals surface area contributed by atoms with Gasteiger partial charge in [0.15, 0.2) is 0 Å². The Hall–Kier alpha value is -6.68.